The van der Waals surface area contributed by atoms with Gasteiger partial charge in [-0.3, -0.25) is 4.79 Å². The van der Waals surface area contributed by atoms with Gasteiger partial charge in [0.1, 0.15) is 12.4 Å². The fraction of sp³-hybridized carbons (Fsp3) is 0.227. The summed E-state index contributed by atoms with van der Waals surface area (Å²) in [5.74, 6) is -1.85. The van der Waals surface area contributed by atoms with E-state index >= 15 is 0 Å². The van der Waals surface area contributed by atoms with Gasteiger partial charge in [-0.25, -0.2) is 14.0 Å². The van der Waals surface area contributed by atoms with Crippen LogP contribution in [0.5, 0.6) is 0 Å². The van der Waals surface area contributed by atoms with Gasteiger partial charge >= 0.3 is 18.0 Å². The highest BCUT2D eigenvalue weighted by Gasteiger charge is 2.34. The lowest BCUT2D eigenvalue weighted by Gasteiger charge is -2.29. The Labute approximate surface area is 172 Å². The molecule has 0 spiro atoms. The zero-order valence-electron chi connectivity index (χ0n) is 16.3. The van der Waals surface area contributed by atoms with Crippen molar-refractivity contribution in [2.45, 2.75) is 19.4 Å². The summed E-state index contributed by atoms with van der Waals surface area (Å²) < 4.78 is 24.1. The molecule has 0 aromatic heterocycles. The first kappa shape index (κ1) is 21.0. The van der Waals surface area contributed by atoms with Crippen molar-refractivity contribution < 1.29 is 28.2 Å². The highest BCUT2D eigenvalue weighted by molar-refractivity contribution is 5.95. The summed E-state index contributed by atoms with van der Waals surface area (Å²) in [6, 6.07) is 13.5. The molecule has 1 aliphatic rings. The fourth-order valence-corrected chi connectivity index (χ4v) is 3.08. The number of amides is 2. The highest BCUT2D eigenvalue weighted by Crippen LogP contribution is 2.27. The standard InChI is InChI=1S/C22H21FN2O5/c1-2-29-21(27)19-17(13-30-18(26)12-15-10-6-7-11-16(15)23)24-22(28)25-20(19)14-8-4-3-5-9-14/h3-11,20H,2,12-13H2,1H3,(H2,24,25,28)/t20-/m1/s1. The molecule has 2 aromatic carbocycles. The molecule has 2 N–H and O–H groups in total. The van der Waals surface area contributed by atoms with Gasteiger partial charge in [0.15, 0.2) is 0 Å². The van der Waals surface area contributed by atoms with Crippen molar-refractivity contribution in [2.24, 2.45) is 0 Å². The lowest BCUT2D eigenvalue weighted by molar-refractivity contribution is -0.143. The van der Waals surface area contributed by atoms with E-state index in [0.29, 0.717) is 5.56 Å². The molecule has 1 heterocycles. The smallest absolute Gasteiger partial charge is 0.338 e. The Morgan fingerprint density at radius 1 is 1.03 bits per heavy atom. The third-order valence-electron chi connectivity index (χ3n) is 4.45. The van der Waals surface area contributed by atoms with Crippen LogP contribution in [-0.2, 0) is 25.5 Å². The topological polar surface area (TPSA) is 93.7 Å². The SMILES string of the molecule is CCOC(=O)C1=C(COC(=O)Cc2ccccc2F)NC(=O)N[C@@H]1c1ccccc1. The maximum Gasteiger partial charge on any atom is 0.338 e. The first-order valence-corrected chi connectivity index (χ1v) is 9.41. The fourth-order valence-electron chi connectivity index (χ4n) is 3.08. The summed E-state index contributed by atoms with van der Waals surface area (Å²) in [7, 11) is 0. The van der Waals surface area contributed by atoms with Gasteiger partial charge in [-0.15, -0.1) is 0 Å². The van der Waals surface area contributed by atoms with E-state index < -0.39 is 29.8 Å². The minimum Gasteiger partial charge on any atom is -0.463 e. The largest absolute Gasteiger partial charge is 0.463 e. The molecule has 30 heavy (non-hydrogen) atoms. The number of carbonyl (C=O) groups excluding carboxylic acids is 3. The summed E-state index contributed by atoms with van der Waals surface area (Å²) in [5.41, 5.74) is 1.12. The van der Waals surface area contributed by atoms with E-state index in [0.717, 1.165) is 0 Å². The molecule has 7 nitrogen and oxygen atoms in total. The second-order valence-corrected chi connectivity index (χ2v) is 6.48. The van der Waals surface area contributed by atoms with Crippen LogP contribution in [0.3, 0.4) is 0 Å². The normalized spacial score (nSPS) is 15.8. The zero-order chi connectivity index (χ0) is 21.5. The second kappa shape index (κ2) is 9.69. The average molecular weight is 412 g/mol. The molecule has 156 valence electrons. The number of ether oxygens (including phenoxy) is 2. The predicted octanol–water partition coefficient (Wildman–Crippen LogP) is 2.78. The number of nitrogens with one attached hydrogen (secondary N) is 2. The summed E-state index contributed by atoms with van der Waals surface area (Å²) in [6.07, 6.45) is -0.275. The molecule has 1 atom stereocenters. The van der Waals surface area contributed by atoms with Crippen LogP contribution in [0.4, 0.5) is 9.18 Å². The third-order valence-corrected chi connectivity index (χ3v) is 4.45. The summed E-state index contributed by atoms with van der Waals surface area (Å²) in [4.78, 5) is 37.0. The van der Waals surface area contributed by atoms with E-state index in [2.05, 4.69) is 10.6 Å². The number of hydrogen-bond donors (Lipinski definition) is 2. The van der Waals surface area contributed by atoms with E-state index in [1.807, 2.05) is 6.07 Å². The molecule has 1 aliphatic heterocycles. The maximum atomic E-state index is 13.7. The van der Waals surface area contributed by atoms with Crippen molar-refractivity contribution in [3.8, 4) is 0 Å². The molecule has 0 radical (unpaired) electrons. The minimum absolute atomic E-state index is 0.118. The predicted molar refractivity (Wildman–Crippen MR) is 106 cm³/mol. The summed E-state index contributed by atoms with van der Waals surface area (Å²) in [5, 5.41) is 5.20. The van der Waals surface area contributed by atoms with Gasteiger partial charge in [0.2, 0.25) is 0 Å². The zero-order valence-corrected chi connectivity index (χ0v) is 16.3. The van der Waals surface area contributed by atoms with Crippen LogP contribution >= 0.6 is 0 Å². The molecule has 0 unspecified atom stereocenters. The van der Waals surface area contributed by atoms with Crippen LogP contribution in [0.1, 0.15) is 24.1 Å². The number of rotatable bonds is 7. The van der Waals surface area contributed by atoms with Crippen LogP contribution < -0.4 is 10.6 Å². The number of carbonyl (C=O) groups is 3. The van der Waals surface area contributed by atoms with E-state index in [1.165, 1.54) is 18.2 Å². The first-order chi connectivity index (χ1) is 14.5. The van der Waals surface area contributed by atoms with E-state index in [4.69, 9.17) is 9.47 Å². The van der Waals surface area contributed by atoms with Gasteiger partial charge in [-0.05, 0) is 24.1 Å². The van der Waals surface area contributed by atoms with Crippen LogP contribution in [0.15, 0.2) is 65.9 Å². The van der Waals surface area contributed by atoms with Crippen molar-refractivity contribution in [2.75, 3.05) is 13.2 Å². The van der Waals surface area contributed by atoms with Crippen molar-refractivity contribution in [1.82, 2.24) is 10.6 Å². The molecule has 0 bridgehead atoms. The monoisotopic (exact) mass is 412 g/mol. The molecule has 0 fully saturated rings. The first-order valence-electron chi connectivity index (χ1n) is 9.41. The summed E-state index contributed by atoms with van der Waals surface area (Å²) >= 11 is 0. The molecule has 2 aromatic rings. The van der Waals surface area contributed by atoms with Gasteiger partial charge in [0.25, 0.3) is 0 Å². The maximum absolute atomic E-state index is 13.7. The lowest BCUT2D eigenvalue weighted by Crippen LogP contribution is -2.47. The van der Waals surface area contributed by atoms with Gasteiger partial charge < -0.3 is 20.1 Å². The Morgan fingerprint density at radius 2 is 1.73 bits per heavy atom. The Kier molecular flexibility index (Phi) is 6.79. The number of esters is 2. The Morgan fingerprint density at radius 3 is 2.43 bits per heavy atom. The van der Waals surface area contributed by atoms with Gasteiger partial charge in [-0.2, -0.15) is 0 Å². The van der Waals surface area contributed by atoms with E-state index in [9.17, 15) is 18.8 Å². The highest BCUT2D eigenvalue weighted by atomic mass is 19.1. The van der Waals surface area contributed by atoms with Crippen LogP contribution in [0, 0.1) is 5.82 Å². The van der Waals surface area contributed by atoms with E-state index in [-0.39, 0.29) is 36.5 Å². The van der Waals surface area contributed by atoms with Crippen LogP contribution in [-0.4, -0.2) is 31.2 Å². The van der Waals surface area contributed by atoms with Gasteiger partial charge in [0, 0.05) is 0 Å². The molecule has 3 rings (SSSR count). The molecule has 0 saturated heterocycles. The van der Waals surface area contributed by atoms with Gasteiger partial charge in [-0.1, -0.05) is 48.5 Å². The van der Waals surface area contributed by atoms with Crippen molar-refractivity contribution in [1.29, 1.82) is 0 Å². The van der Waals surface area contributed by atoms with Gasteiger partial charge in [0.05, 0.1) is 30.3 Å². The molecule has 0 saturated carbocycles. The van der Waals surface area contributed by atoms with Crippen LogP contribution in [0.2, 0.25) is 0 Å². The molecule has 0 aliphatic carbocycles. The number of urea groups is 1. The average Bonchev–Trinajstić information content (AvgIpc) is 2.74. The quantitative estimate of drug-likeness (QED) is 0.682. The number of hydrogen-bond acceptors (Lipinski definition) is 5. The van der Waals surface area contributed by atoms with Crippen LogP contribution in [0.25, 0.3) is 0 Å². The van der Waals surface area contributed by atoms with Crippen molar-refractivity contribution in [3.05, 3.63) is 82.8 Å². The third kappa shape index (κ3) is 5.02. The molecule has 2 amide bonds. The Balaban J connectivity index is 1.83. The van der Waals surface area contributed by atoms with Crippen molar-refractivity contribution in [3.63, 3.8) is 0 Å². The number of benzene rings is 2. The lowest BCUT2D eigenvalue weighted by atomic mass is 9.95. The Bertz CT molecular complexity index is 975. The molecule has 8 heteroatoms. The van der Waals surface area contributed by atoms with E-state index in [1.54, 1.807) is 37.3 Å². The Hall–Kier alpha value is -3.68. The molecular formula is C22H21FN2O5. The van der Waals surface area contributed by atoms with Crippen molar-refractivity contribution >= 4 is 18.0 Å². The number of halogens is 1. The molecular weight excluding hydrogens is 391 g/mol. The second-order valence-electron chi connectivity index (χ2n) is 6.48. The summed E-state index contributed by atoms with van der Waals surface area (Å²) in [6.45, 7) is 1.44. The minimum atomic E-state index is -0.765.